The van der Waals surface area contributed by atoms with E-state index < -0.39 is 0 Å². The van der Waals surface area contributed by atoms with Crippen LogP contribution < -0.4 is 5.32 Å². The van der Waals surface area contributed by atoms with Crippen molar-refractivity contribution in [3.05, 3.63) is 34.4 Å². The Kier molecular flexibility index (Phi) is 4.32. The third-order valence-corrected chi connectivity index (χ3v) is 4.25. The van der Waals surface area contributed by atoms with E-state index in [2.05, 4.69) is 52.1 Å². The molecule has 2 unspecified atom stereocenters. The smallest absolute Gasteiger partial charge is 0.0779 e. The zero-order valence-electron chi connectivity index (χ0n) is 13.0. The molecule has 0 bridgehead atoms. The predicted octanol–water partition coefficient (Wildman–Crippen LogP) is 3.83. The Hall–Kier alpha value is -0.860. The van der Waals surface area contributed by atoms with Crippen LogP contribution in [0.25, 0.3) is 0 Å². The van der Waals surface area contributed by atoms with Crippen molar-refractivity contribution in [1.29, 1.82) is 0 Å². The average molecular weight is 261 g/mol. The van der Waals surface area contributed by atoms with Crippen LogP contribution >= 0.6 is 0 Å². The second kappa shape index (κ2) is 5.64. The summed E-state index contributed by atoms with van der Waals surface area (Å²) in [6.45, 7) is 12.9. The minimum atomic E-state index is 0.0285. The Morgan fingerprint density at radius 1 is 1.26 bits per heavy atom. The first kappa shape index (κ1) is 14.5. The van der Waals surface area contributed by atoms with Crippen LogP contribution in [-0.2, 0) is 4.74 Å². The molecular formula is C17H27NO. The zero-order chi connectivity index (χ0) is 14.0. The molecule has 0 aromatic heterocycles. The summed E-state index contributed by atoms with van der Waals surface area (Å²) < 4.78 is 5.84. The number of benzene rings is 1. The summed E-state index contributed by atoms with van der Waals surface area (Å²) in [5, 5.41) is 3.66. The van der Waals surface area contributed by atoms with Crippen LogP contribution in [0.3, 0.4) is 0 Å². The molecule has 0 aliphatic carbocycles. The first-order valence-electron chi connectivity index (χ1n) is 7.36. The van der Waals surface area contributed by atoms with Gasteiger partial charge in [0.25, 0.3) is 0 Å². The van der Waals surface area contributed by atoms with Gasteiger partial charge in [-0.2, -0.15) is 0 Å². The molecule has 0 spiro atoms. The molecule has 106 valence electrons. The molecule has 1 heterocycles. The van der Waals surface area contributed by atoms with E-state index in [1.165, 1.54) is 35.1 Å². The van der Waals surface area contributed by atoms with Gasteiger partial charge in [0.15, 0.2) is 0 Å². The van der Waals surface area contributed by atoms with Crippen molar-refractivity contribution >= 4 is 0 Å². The maximum atomic E-state index is 5.84. The van der Waals surface area contributed by atoms with Gasteiger partial charge in [0.2, 0.25) is 0 Å². The molecule has 1 N–H and O–H groups in total. The third kappa shape index (κ3) is 3.37. The Bertz CT molecular complexity index is 424. The molecule has 0 amide bonds. The lowest BCUT2D eigenvalue weighted by atomic mass is 9.94. The monoisotopic (exact) mass is 261 g/mol. The highest BCUT2D eigenvalue weighted by atomic mass is 16.5. The van der Waals surface area contributed by atoms with Crippen molar-refractivity contribution in [2.45, 2.75) is 59.1 Å². The van der Waals surface area contributed by atoms with E-state index in [4.69, 9.17) is 4.74 Å². The van der Waals surface area contributed by atoms with Gasteiger partial charge in [0.05, 0.1) is 5.60 Å². The SMILES string of the molecule is Cc1cc(C)c(C(C)NCC2(C)CCCO2)c(C)c1. The largest absolute Gasteiger partial charge is 0.374 e. The molecule has 1 aromatic carbocycles. The van der Waals surface area contributed by atoms with Crippen molar-refractivity contribution < 1.29 is 4.74 Å². The number of hydrogen-bond acceptors (Lipinski definition) is 2. The first-order chi connectivity index (χ1) is 8.91. The minimum Gasteiger partial charge on any atom is -0.374 e. The van der Waals surface area contributed by atoms with E-state index >= 15 is 0 Å². The van der Waals surface area contributed by atoms with Crippen molar-refractivity contribution in [1.82, 2.24) is 5.32 Å². The predicted molar refractivity (Wildman–Crippen MR) is 80.7 cm³/mol. The van der Waals surface area contributed by atoms with Crippen molar-refractivity contribution in [2.24, 2.45) is 0 Å². The van der Waals surface area contributed by atoms with Crippen LogP contribution in [0.5, 0.6) is 0 Å². The van der Waals surface area contributed by atoms with Crippen LogP contribution in [0.1, 0.15) is 55.0 Å². The number of hydrogen-bond donors (Lipinski definition) is 1. The Balaban J connectivity index is 2.06. The van der Waals surface area contributed by atoms with Crippen LogP contribution in [0.15, 0.2) is 12.1 Å². The van der Waals surface area contributed by atoms with E-state index in [0.29, 0.717) is 6.04 Å². The number of rotatable bonds is 4. The fourth-order valence-corrected chi connectivity index (χ4v) is 3.32. The molecule has 1 aliphatic heterocycles. The number of aryl methyl sites for hydroxylation is 3. The molecule has 1 aromatic rings. The van der Waals surface area contributed by atoms with Gasteiger partial charge in [-0.3, -0.25) is 0 Å². The summed E-state index contributed by atoms with van der Waals surface area (Å²) in [5.41, 5.74) is 5.58. The van der Waals surface area contributed by atoms with E-state index in [-0.39, 0.29) is 5.60 Å². The van der Waals surface area contributed by atoms with E-state index in [0.717, 1.165) is 13.2 Å². The molecular weight excluding hydrogens is 234 g/mol. The quantitative estimate of drug-likeness (QED) is 0.889. The first-order valence-corrected chi connectivity index (χ1v) is 7.36. The molecule has 2 nitrogen and oxygen atoms in total. The third-order valence-electron chi connectivity index (χ3n) is 4.25. The fraction of sp³-hybridized carbons (Fsp3) is 0.647. The molecule has 1 fully saturated rings. The molecule has 2 rings (SSSR count). The van der Waals surface area contributed by atoms with E-state index in [1.54, 1.807) is 0 Å². The van der Waals surface area contributed by atoms with Gasteiger partial charge in [-0.05, 0) is 64.2 Å². The number of ether oxygens (including phenoxy) is 1. The minimum absolute atomic E-state index is 0.0285. The van der Waals surface area contributed by atoms with Crippen molar-refractivity contribution in [3.8, 4) is 0 Å². The van der Waals surface area contributed by atoms with Gasteiger partial charge in [-0.1, -0.05) is 17.7 Å². The zero-order valence-corrected chi connectivity index (χ0v) is 13.0. The molecule has 2 heteroatoms. The maximum Gasteiger partial charge on any atom is 0.0779 e. The van der Waals surface area contributed by atoms with Crippen molar-refractivity contribution in [3.63, 3.8) is 0 Å². The van der Waals surface area contributed by atoms with Crippen LogP contribution in [-0.4, -0.2) is 18.8 Å². The fourth-order valence-electron chi connectivity index (χ4n) is 3.32. The second-order valence-corrected chi connectivity index (χ2v) is 6.32. The summed E-state index contributed by atoms with van der Waals surface area (Å²) in [6, 6.07) is 4.92. The summed E-state index contributed by atoms with van der Waals surface area (Å²) in [7, 11) is 0. The van der Waals surface area contributed by atoms with Crippen molar-refractivity contribution in [2.75, 3.05) is 13.2 Å². The van der Waals surface area contributed by atoms with Crippen LogP contribution in [0.4, 0.5) is 0 Å². The van der Waals surface area contributed by atoms with E-state index in [9.17, 15) is 0 Å². The van der Waals surface area contributed by atoms with Gasteiger partial charge < -0.3 is 10.1 Å². The van der Waals surface area contributed by atoms with Gasteiger partial charge in [0, 0.05) is 19.2 Å². The maximum absolute atomic E-state index is 5.84. The van der Waals surface area contributed by atoms with Crippen LogP contribution in [0, 0.1) is 20.8 Å². The standard InChI is InChI=1S/C17H27NO/c1-12-9-13(2)16(14(3)10-12)15(4)18-11-17(5)7-6-8-19-17/h9-10,15,18H,6-8,11H2,1-5H3. The van der Waals surface area contributed by atoms with Crippen LogP contribution in [0.2, 0.25) is 0 Å². The lowest BCUT2D eigenvalue weighted by Gasteiger charge is -2.27. The highest BCUT2D eigenvalue weighted by Crippen LogP contribution is 2.27. The summed E-state index contributed by atoms with van der Waals surface area (Å²) in [5.74, 6) is 0. The highest BCUT2D eigenvalue weighted by molar-refractivity contribution is 5.39. The number of nitrogens with one attached hydrogen (secondary N) is 1. The lowest BCUT2D eigenvalue weighted by Crippen LogP contribution is -2.38. The Labute approximate surface area is 117 Å². The summed E-state index contributed by atoms with van der Waals surface area (Å²) >= 11 is 0. The Morgan fingerprint density at radius 3 is 2.42 bits per heavy atom. The molecule has 19 heavy (non-hydrogen) atoms. The molecule has 0 radical (unpaired) electrons. The Morgan fingerprint density at radius 2 is 1.89 bits per heavy atom. The normalized spacial score (nSPS) is 24.7. The van der Waals surface area contributed by atoms with Gasteiger partial charge in [-0.15, -0.1) is 0 Å². The molecule has 1 saturated heterocycles. The average Bonchev–Trinajstić information content (AvgIpc) is 2.73. The molecule has 1 aliphatic rings. The lowest BCUT2D eigenvalue weighted by molar-refractivity contribution is 0.0191. The molecule has 2 atom stereocenters. The van der Waals surface area contributed by atoms with Gasteiger partial charge >= 0.3 is 0 Å². The van der Waals surface area contributed by atoms with Gasteiger partial charge in [-0.25, -0.2) is 0 Å². The topological polar surface area (TPSA) is 21.3 Å². The highest BCUT2D eigenvalue weighted by Gasteiger charge is 2.30. The summed E-state index contributed by atoms with van der Waals surface area (Å²) in [6.07, 6.45) is 2.35. The van der Waals surface area contributed by atoms with Gasteiger partial charge in [0.1, 0.15) is 0 Å². The second-order valence-electron chi connectivity index (χ2n) is 6.32. The van der Waals surface area contributed by atoms with E-state index in [1.807, 2.05) is 0 Å². The summed E-state index contributed by atoms with van der Waals surface area (Å²) in [4.78, 5) is 0. The molecule has 0 saturated carbocycles.